The van der Waals surface area contributed by atoms with E-state index in [4.69, 9.17) is 0 Å². The van der Waals surface area contributed by atoms with E-state index in [1.807, 2.05) is 0 Å². The third-order valence-corrected chi connectivity index (χ3v) is 5.28. The smallest absolute Gasteiger partial charge is 0.0630 e. The zero-order valence-corrected chi connectivity index (χ0v) is 14.6. The highest BCUT2D eigenvalue weighted by molar-refractivity contribution is 5.93. The monoisotopic (exact) mass is 347 g/mol. The number of hydrogen-bond acceptors (Lipinski definition) is 0. The van der Waals surface area contributed by atoms with Crippen molar-refractivity contribution in [1.82, 2.24) is 15.0 Å². The number of fused-ring (bicyclic) bond motifs is 3. The molecule has 0 aliphatic heterocycles. The van der Waals surface area contributed by atoms with Crippen LogP contribution in [-0.4, -0.2) is 15.0 Å². The third kappa shape index (κ3) is 2.29. The van der Waals surface area contributed by atoms with E-state index in [0.29, 0.717) is 0 Å². The van der Waals surface area contributed by atoms with E-state index < -0.39 is 0 Å². The lowest BCUT2D eigenvalue weighted by Gasteiger charge is -1.98. The van der Waals surface area contributed by atoms with E-state index in [9.17, 15) is 0 Å². The normalized spacial score (nSPS) is 11.7. The average molecular weight is 347 g/mol. The molecule has 0 aliphatic carbocycles. The number of aromatic amines is 3. The van der Waals surface area contributed by atoms with E-state index in [-0.39, 0.29) is 0 Å². The van der Waals surface area contributed by atoms with Crippen molar-refractivity contribution in [3.05, 3.63) is 84.9 Å². The van der Waals surface area contributed by atoms with Gasteiger partial charge in [0.15, 0.2) is 0 Å². The van der Waals surface area contributed by atoms with E-state index in [1.165, 1.54) is 21.7 Å². The van der Waals surface area contributed by atoms with Crippen molar-refractivity contribution in [1.29, 1.82) is 0 Å². The van der Waals surface area contributed by atoms with Crippen LogP contribution in [0, 0.1) is 0 Å². The number of benzene rings is 3. The van der Waals surface area contributed by atoms with Crippen LogP contribution in [0.3, 0.4) is 0 Å². The first-order valence-electron chi connectivity index (χ1n) is 9.12. The number of H-pyrrole nitrogens is 3. The van der Waals surface area contributed by atoms with Crippen LogP contribution in [0.15, 0.2) is 84.9 Å². The summed E-state index contributed by atoms with van der Waals surface area (Å²) in [6.45, 7) is 0. The SMILES string of the molecule is c1ccc2[nH]c(-c3ccc4cc(-c5cc6ccccc6[nH]5)[nH]c4c3)cc2c1. The lowest BCUT2D eigenvalue weighted by atomic mass is 10.1. The molecule has 128 valence electrons. The van der Waals surface area contributed by atoms with Gasteiger partial charge in [0.05, 0.1) is 11.4 Å². The Balaban J connectivity index is 1.46. The number of hydrogen-bond donors (Lipinski definition) is 3. The van der Waals surface area contributed by atoms with Crippen LogP contribution in [0.25, 0.3) is 55.4 Å². The van der Waals surface area contributed by atoms with Gasteiger partial charge < -0.3 is 15.0 Å². The molecular formula is C24H17N3. The van der Waals surface area contributed by atoms with Crippen LogP contribution < -0.4 is 0 Å². The highest BCUT2D eigenvalue weighted by atomic mass is 14.8. The summed E-state index contributed by atoms with van der Waals surface area (Å²) in [6, 6.07) is 29.9. The predicted molar refractivity (Wildman–Crippen MR) is 113 cm³/mol. The molecule has 0 amide bonds. The van der Waals surface area contributed by atoms with Gasteiger partial charge in [0.25, 0.3) is 0 Å². The van der Waals surface area contributed by atoms with Gasteiger partial charge in [-0.15, -0.1) is 0 Å². The Kier molecular flexibility index (Phi) is 2.88. The van der Waals surface area contributed by atoms with Crippen molar-refractivity contribution >= 4 is 32.7 Å². The quantitative estimate of drug-likeness (QED) is 0.322. The fourth-order valence-electron chi connectivity index (χ4n) is 3.89. The first-order chi connectivity index (χ1) is 13.3. The zero-order valence-electron chi connectivity index (χ0n) is 14.6. The fraction of sp³-hybridized carbons (Fsp3) is 0. The molecule has 0 radical (unpaired) electrons. The maximum atomic E-state index is 3.57. The van der Waals surface area contributed by atoms with Gasteiger partial charge in [-0.05, 0) is 36.4 Å². The fourth-order valence-corrected chi connectivity index (χ4v) is 3.89. The second-order valence-electron chi connectivity index (χ2n) is 7.03. The molecule has 3 heteroatoms. The van der Waals surface area contributed by atoms with Gasteiger partial charge in [-0.25, -0.2) is 0 Å². The summed E-state index contributed by atoms with van der Waals surface area (Å²) in [5.41, 5.74) is 8.00. The van der Waals surface area contributed by atoms with Gasteiger partial charge in [0, 0.05) is 44.0 Å². The highest BCUT2D eigenvalue weighted by Crippen LogP contribution is 2.30. The molecule has 0 aliphatic rings. The summed E-state index contributed by atoms with van der Waals surface area (Å²) in [4.78, 5) is 10.6. The lowest BCUT2D eigenvalue weighted by Crippen LogP contribution is -1.78. The molecule has 3 N–H and O–H groups in total. The second kappa shape index (κ2) is 5.39. The molecule has 6 rings (SSSR count). The van der Waals surface area contributed by atoms with Gasteiger partial charge >= 0.3 is 0 Å². The molecule has 0 fully saturated rings. The van der Waals surface area contributed by atoms with Gasteiger partial charge in [0.2, 0.25) is 0 Å². The first-order valence-corrected chi connectivity index (χ1v) is 9.12. The molecule has 3 aromatic heterocycles. The van der Waals surface area contributed by atoms with Crippen molar-refractivity contribution in [2.45, 2.75) is 0 Å². The summed E-state index contributed by atoms with van der Waals surface area (Å²) >= 11 is 0. The van der Waals surface area contributed by atoms with Crippen molar-refractivity contribution in [3.63, 3.8) is 0 Å². The molecule has 0 saturated heterocycles. The number of para-hydroxylation sites is 2. The molecule has 3 heterocycles. The Morgan fingerprint density at radius 2 is 0.926 bits per heavy atom. The van der Waals surface area contributed by atoms with Crippen LogP contribution in [0.2, 0.25) is 0 Å². The maximum absolute atomic E-state index is 3.57. The standard InChI is InChI=1S/C24H17N3/c1-3-7-19-15(5-1)11-21(25-19)17-9-10-18-14-24(27-22(18)12-17)23-13-16-6-2-4-8-20(16)26-23/h1-14,25-27H. The Hall–Kier alpha value is -3.72. The molecule has 3 aromatic carbocycles. The predicted octanol–water partition coefficient (Wildman–Crippen LogP) is 6.46. The van der Waals surface area contributed by atoms with Crippen molar-refractivity contribution < 1.29 is 0 Å². The molecule has 0 atom stereocenters. The van der Waals surface area contributed by atoms with Crippen LogP contribution in [0.4, 0.5) is 0 Å². The minimum absolute atomic E-state index is 1.11. The molecule has 0 spiro atoms. The third-order valence-electron chi connectivity index (χ3n) is 5.28. The van der Waals surface area contributed by atoms with Gasteiger partial charge in [-0.2, -0.15) is 0 Å². The van der Waals surface area contributed by atoms with E-state index in [2.05, 4.69) is 99.9 Å². The topological polar surface area (TPSA) is 47.4 Å². The highest BCUT2D eigenvalue weighted by Gasteiger charge is 2.09. The minimum Gasteiger partial charge on any atom is -0.355 e. The van der Waals surface area contributed by atoms with E-state index in [0.717, 1.165) is 33.6 Å². The Labute approximate surface area is 155 Å². The molecule has 0 saturated carbocycles. The molecule has 0 bridgehead atoms. The molecular weight excluding hydrogens is 330 g/mol. The number of rotatable bonds is 2. The second-order valence-corrected chi connectivity index (χ2v) is 7.03. The molecule has 3 nitrogen and oxygen atoms in total. The summed E-state index contributed by atoms with van der Waals surface area (Å²) in [5, 5.41) is 3.67. The zero-order chi connectivity index (χ0) is 17.8. The van der Waals surface area contributed by atoms with Gasteiger partial charge in [0.1, 0.15) is 0 Å². The summed E-state index contributed by atoms with van der Waals surface area (Å²) < 4.78 is 0. The van der Waals surface area contributed by atoms with Gasteiger partial charge in [-0.1, -0.05) is 48.5 Å². The van der Waals surface area contributed by atoms with Crippen LogP contribution in [-0.2, 0) is 0 Å². The van der Waals surface area contributed by atoms with Crippen molar-refractivity contribution in [2.24, 2.45) is 0 Å². The molecule has 27 heavy (non-hydrogen) atoms. The summed E-state index contributed by atoms with van der Waals surface area (Å²) in [5.74, 6) is 0. The Morgan fingerprint density at radius 3 is 1.59 bits per heavy atom. The van der Waals surface area contributed by atoms with Crippen molar-refractivity contribution in [2.75, 3.05) is 0 Å². The molecule has 6 aromatic rings. The number of nitrogens with one attached hydrogen (secondary N) is 3. The minimum atomic E-state index is 1.11. The average Bonchev–Trinajstić information content (AvgIpc) is 3.41. The largest absolute Gasteiger partial charge is 0.355 e. The van der Waals surface area contributed by atoms with Crippen LogP contribution in [0.5, 0.6) is 0 Å². The summed E-state index contributed by atoms with van der Waals surface area (Å²) in [7, 11) is 0. The molecule has 0 unspecified atom stereocenters. The summed E-state index contributed by atoms with van der Waals surface area (Å²) in [6.07, 6.45) is 0. The Bertz CT molecular complexity index is 1290. The maximum Gasteiger partial charge on any atom is 0.0630 e. The van der Waals surface area contributed by atoms with Crippen LogP contribution >= 0.6 is 0 Å². The Morgan fingerprint density at radius 1 is 0.407 bits per heavy atom. The van der Waals surface area contributed by atoms with Gasteiger partial charge in [-0.3, -0.25) is 0 Å². The van der Waals surface area contributed by atoms with E-state index >= 15 is 0 Å². The number of aromatic nitrogens is 3. The van der Waals surface area contributed by atoms with Crippen molar-refractivity contribution in [3.8, 4) is 22.6 Å². The lowest BCUT2D eigenvalue weighted by molar-refractivity contribution is 1.38. The van der Waals surface area contributed by atoms with Crippen LogP contribution in [0.1, 0.15) is 0 Å². The van der Waals surface area contributed by atoms with E-state index in [1.54, 1.807) is 0 Å². The first kappa shape index (κ1) is 14.4.